The summed E-state index contributed by atoms with van der Waals surface area (Å²) in [6.45, 7) is 0. The molecule has 4 N–H and O–H groups in total. The summed E-state index contributed by atoms with van der Waals surface area (Å²) in [5.41, 5.74) is 14.6. The molecule has 0 saturated heterocycles. The van der Waals surface area contributed by atoms with E-state index in [0.717, 1.165) is 11.1 Å². The maximum Gasteiger partial charge on any atom is 0.216 e. The topological polar surface area (TPSA) is 86.2 Å². The van der Waals surface area contributed by atoms with Crippen LogP contribution in [0.2, 0.25) is 0 Å². The molecule has 2 aromatic rings. The van der Waals surface area contributed by atoms with E-state index in [1.807, 2.05) is 36.4 Å². The highest BCUT2D eigenvalue weighted by molar-refractivity contribution is 7.96. The first-order chi connectivity index (χ1) is 10.9. The fraction of sp³-hybridized carbons (Fsp3) is 0.222. The Labute approximate surface area is 137 Å². The van der Waals surface area contributed by atoms with Crippen LogP contribution in [0.25, 0.3) is 0 Å². The van der Waals surface area contributed by atoms with Crippen LogP contribution in [0.3, 0.4) is 0 Å². The van der Waals surface area contributed by atoms with Gasteiger partial charge in [0.25, 0.3) is 0 Å². The minimum Gasteiger partial charge on any atom is -0.399 e. The van der Waals surface area contributed by atoms with Crippen molar-refractivity contribution in [1.29, 1.82) is 0 Å². The molecule has 0 bridgehead atoms. The number of nitrogens with two attached hydrogens (primary N) is 2. The number of anilines is 2. The zero-order valence-corrected chi connectivity index (χ0v) is 13.6. The summed E-state index contributed by atoms with van der Waals surface area (Å²) in [4.78, 5) is 0. The van der Waals surface area contributed by atoms with Gasteiger partial charge in [-0.1, -0.05) is 30.2 Å². The van der Waals surface area contributed by atoms with Gasteiger partial charge in [0.1, 0.15) is 0 Å². The molecule has 2 rings (SSSR count). The monoisotopic (exact) mass is 328 g/mol. The van der Waals surface area contributed by atoms with Crippen molar-refractivity contribution in [1.82, 2.24) is 0 Å². The summed E-state index contributed by atoms with van der Waals surface area (Å²) in [7, 11) is -3.35. The molecule has 4 nitrogen and oxygen atoms in total. The molecule has 0 aliphatic carbocycles. The standard InChI is InChI=1S/C18H20N2O2S/c19-17-9-5-15(6-10-17)3-1-13-23(21,22)14-2-4-16-7-11-18(20)12-8-16/h5-12H,1,3-4,13,19-20H2. The SMILES string of the molecule is Nc1ccc(CC#CS(=O)(=O)CCCc2ccc(N)cc2)cc1. The lowest BCUT2D eigenvalue weighted by atomic mass is 10.1. The van der Waals surface area contributed by atoms with Crippen molar-refractivity contribution in [3.63, 3.8) is 0 Å². The molecule has 0 aromatic heterocycles. The highest BCUT2D eigenvalue weighted by Crippen LogP contribution is 2.09. The van der Waals surface area contributed by atoms with Gasteiger partial charge >= 0.3 is 0 Å². The van der Waals surface area contributed by atoms with Crippen molar-refractivity contribution in [2.24, 2.45) is 0 Å². The van der Waals surface area contributed by atoms with Gasteiger partial charge in [0.15, 0.2) is 0 Å². The molecule has 0 atom stereocenters. The van der Waals surface area contributed by atoms with Crippen LogP contribution >= 0.6 is 0 Å². The molecule has 0 saturated carbocycles. The number of hydrogen-bond donors (Lipinski definition) is 2. The number of sulfone groups is 1. The van der Waals surface area contributed by atoms with E-state index >= 15 is 0 Å². The van der Waals surface area contributed by atoms with E-state index in [4.69, 9.17) is 11.5 Å². The van der Waals surface area contributed by atoms with Crippen molar-refractivity contribution >= 4 is 21.2 Å². The van der Waals surface area contributed by atoms with Gasteiger partial charge in [-0.25, -0.2) is 8.42 Å². The summed E-state index contributed by atoms with van der Waals surface area (Å²) >= 11 is 0. The van der Waals surface area contributed by atoms with Crippen LogP contribution in [0.15, 0.2) is 48.5 Å². The predicted molar refractivity (Wildman–Crippen MR) is 95.3 cm³/mol. The third-order valence-electron chi connectivity index (χ3n) is 3.36. The summed E-state index contributed by atoms with van der Waals surface area (Å²) in [5.74, 6) is 2.78. The molecule has 0 heterocycles. The average molecular weight is 328 g/mol. The first kappa shape index (κ1) is 16.9. The van der Waals surface area contributed by atoms with Crippen LogP contribution in [0.4, 0.5) is 11.4 Å². The summed E-state index contributed by atoms with van der Waals surface area (Å²) < 4.78 is 23.8. The largest absolute Gasteiger partial charge is 0.399 e. The Morgan fingerprint density at radius 2 is 1.35 bits per heavy atom. The van der Waals surface area contributed by atoms with E-state index in [9.17, 15) is 8.42 Å². The Morgan fingerprint density at radius 1 is 0.826 bits per heavy atom. The first-order valence-electron chi connectivity index (χ1n) is 7.36. The predicted octanol–water partition coefficient (Wildman–Crippen LogP) is 2.40. The third kappa shape index (κ3) is 6.05. The smallest absolute Gasteiger partial charge is 0.216 e. The van der Waals surface area contributed by atoms with Crippen LogP contribution in [0.5, 0.6) is 0 Å². The van der Waals surface area contributed by atoms with E-state index in [1.165, 1.54) is 0 Å². The molecular formula is C18H20N2O2S. The van der Waals surface area contributed by atoms with Crippen molar-refractivity contribution in [2.45, 2.75) is 19.3 Å². The maximum absolute atomic E-state index is 11.9. The van der Waals surface area contributed by atoms with Crippen LogP contribution in [-0.2, 0) is 22.7 Å². The number of hydrogen-bond acceptors (Lipinski definition) is 4. The fourth-order valence-electron chi connectivity index (χ4n) is 2.09. The molecule has 0 unspecified atom stereocenters. The van der Waals surface area contributed by atoms with Gasteiger partial charge in [-0.2, -0.15) is 0 Å². The molecule has 0 amide bonds. The summed E-state index contributed by atoms with van der Waals surface area (Å²) in [6, 6.07) is 14.7. The first-order valence-corrected chi connectivity index (χ1v) is 9.01. The molecule has 23 heavy (non-hydrogen) atoms. The number of aryl methyl sites for hydroxylation is 1. The van der Waals surface area contributed by atoms with E-state index in [-0.39, 0.29) is 5.75 Å². The number of rotatable bonds is 5. The quantitative estimate of drug-likeness (QED) is 0.501. The van der Waals surface area contributed by atoms with Gasteiger partial charge in [-0.15, -0.1) is 0 Å². The van der Waals surface area contributed by atoms with Crippen molar-refractivity contribution in [3.05, 3.63) is 59.7 Å². The number of benzene rings is 2. The van der Waals surface area contributed by atoms with E-state index in [2.05, 4.69) is 11.2 Å². The van der Waals surface area contributed by atoms with E-state index in [0.29, 0.717) is 30.6 Å². The molecule has 120 valence electrons. The molecule has 0 radical (unpaired) electrons. The Balaban J connectivity index is 1.83. The fourth-order valence-corrected chi connectivity index (χ4v) is 3.00. The highest BCUT2D eigenvalue weighted by atomic mass is 32.2. The molecule has 0 spiro atoms. The minimum absolute atomic E-state index is 0.0616. The van der Waals surface area contributed by atoms with Crippen LogP contribution in [0, 0.1) is 11.2 Å². The molecule has 5 heteroatoms. The average Bonchev–Trinajstić information content (AvgIpc) is 2.51. The number of nitrogen functional groups attached to an aromatic ring is 2. The Hall–Kier alpha value is -2.45. The summed E-state index contributed by atoms with van der Waals surface area (Å²) in [6.07, 6.45) is 1.64. The van der Waals surface area contributed by atoms with E-state index in [1.54, 1.807) is 12.1 Å². The van der Waals surface area contributed by atoms with Gasteiger partial charge in [0.05, 0.1) is 5.75 Å². The second kappa shape index (κ2) is 7.70. The second-order valence-electron chi connectivity index (χ2n) is 5.36. The molecule has 0 fully saturated rings. The lowest BCUT2D eigenvalue weighted by molar-refractivity contribution is 0.603. The third-order valence-corrected chi connectivity index (χ3v) is 4.64. The normalized spacial score (nSPS) is 10.8. The van der Waals surface area contributed by atoms with Crippen molar-refractivity contribution < 1.29 is 8.42 Å². The molecule has 0 aliphatic heterocycles. The van der Waals surface area contributed by atoms with Gasteiger partial charge < -0.3 is 11.5 Å². The van der Waals surface area contributed by atoms with Gasteiger partial charge in [-0.05, 0) is 48.2 Å². The maximum atomic E-state index is 11.9. The molecular weight excluding hydrogens is 308 g/mol. The van der Waals surface area contributed by atoms with E-state index < -0.39 is 9.84 Å². The molecule has 0 aliphatic rings. The van der Waals surface area contributed by atoms with Crippen LogP contribution in [0.1, 0.15) is 17.5 Å². The molecule has 2 aromatic carbocycles. The van der Waals surface area contributed by atoms with Gasteiger partial charge in [0.2, 0.25) is 9.84 Å². The van der Waals surface area contributed by atoms with Crippen molar-refractivity contribution in [3.8, 4) is 11.2 Å². The Kier molecular flexibility index (Phi) is 5.67. The second-order valence-corrected chi connectivity index (χ2v) is 7.20. The van der Waals surface area contributed by atoms with Crippen LogP contribution < -0.4 is 11.5 Å². The van der Waals surface area contributed by atoms with Crippen molar-refractivity contribution in [2.75, 3.05) is 17.2 Å². The lowest BCUT2D eigenvalue weighted by Gasteiger charge is -2.01. The summed E-state index contributed by atoms with van der Waals surface area (Å²) in [5, 5.41) is 2.39. The lowest BCUT2D eigenvalue weighted by Crippen LogP contribution is -2.04. The Bertz CT molecular complexity index is 799. The van der Waals surface area contributed by atoms with Gasteiger partial charge in [0, 0.05) is 23.0 Å². The highest BCUT2D eigenvalue weighted by Gasteiger charge is 2.06. The van der Waals surface area contributed by atoms with Crippen LogP contribution in [-0.4, -0.2) is 14.2 Å². The van der Waals surface area contributed by atoms with Gasteiger partial charge in [-0.3, -0.25) is 0 Å². The Morgan fingerprint density at radius 3 is 1.91 bits per heavy atom. The zero-order chi connectivity index (χ0) is 16.7. The zero-order valence-electron chi connectivity index (χ0n) is 12.8. The minimum atomic E-state index is -3.35.